The molecule has 14 heavy (non-hydrogen) atoms. The molecule has 0 unspecified atom stereocenters. The summed E-state index contributed by atoms with van der Waals surface area (Å²) in [5.74, 6) is 1.52. The minimum absolute atomic E-state index is 0.627. The summed E-state index contributed by atoms with van der Waals surface area (Å²) in [7, 11) is 0. The summed E-state index contributed by atoms with van der Waals surface area (Å²) >= 11 is 0. The van der Waals surface area contributed by atoms with E-state index in [-0.39, 0.29) is 0 Å². The minimum atomic E-state index is 0.627. The first-order chi connectivity index (χ1) is 6.83. The minimum Gasteiger partial charge on any atom is -0.313 e. The molecule has 3 atom stereocenters. The molecule has 1 heteroatoms. The molecular formula is C13H19N. The molecule has 0 amide bonds. The standard InChI is InChI=1S/C13H19N/c1-3-11-9-14-10(2)13(11)12-7-5-4-6-8-12/h4-8,10-11,13-14H,3,9H2,1-2H3/t10-,11+,13-/m1/s1. The second-order valence-corrected chi connectivity index (χ2v) is 4.30. The van der Waals surface area contributed by atoms with Crippen LogP contribution in [0.5, 0.6) is 0 Å². The molecule has 1 saturated heterocycles. The van der Waals surface area contributed by atoms with Crippen LogP contribution in [0.25, 0.3) is 0 Å². The molecule has 1 fully saturated rings. The first-order valence-corrected chi connectivity index (χ1v) is 5.61. The van der Waals surface area contributed by atoms with Crippen molar-refractivity contribution in [2.75, 3.05) is 6.54 Å². The monoisotopic (exact) mass is 189 g/mol. The summed E-state index contributed by atoms with van der Waals surface area (Å²) in [5.41, 5.74) is 1.50. The van der Waals surface area contributed by atoms with Gasteiger partial charge in [0.2, 0.25) is 0 Å². The molecule has 1 aliphatic rings. The predicted octanol–water partition coefficient (Wildman–Crippen LogP) is 2.79. The zero-order valence-corrected chi connectivity index (χ0v) is 9.03. The van der Waals surface area contributed by atoms with Gasteiger partial charge in [-0.3, -0.25) is 0 Å². The summed E-state index contributed by atoms with van der Waals surface area (Å²) in [4.78, 5) is 0. The van der Waals surface area contributed by atoms with Crippen molar-refractivity contribution in [1.82, 2.24) is 5.32 Å². The molecule has 1 aromatic carbocycles. The van der Waals surface area contributed by atoms with E-state index in [1.807, 2.05) is 0 Å². The van der Waals surface area contributed by atoms with Crippen LogP contribution in [0.15, 0.2) is 30.3 Å². The van der Waals surface area contributed by atoms with Gasteiger partial charge in [0.15, 0.2) is 0 Å². The van der Waals surface area contributed by atoms with Gasteiger partial charge in [-0.25, -0.2) is 0 Å². The number of hydrogen-bond acceptors (Lipinski definition) is 1. The maximum atomic E-state index is 3.57. The summed E-state index contributed by atoms with van der Waals surface area (Å²) in [6, 6.07) is 11.5. The molecule has 1 aliphatic heterocycles. The smallest absolute Gasteiger partial charge is 0.0111 e. The average molecular weight is 189 g/mol. The molecule has 0 radical (unpaired) electrons. The van der Waals surface area contributed by atoms with E-state index in [1.165, 1.54) is 18.5 Å². The second kappa shape index (κ2) is 4.14. The quantitative estimate of drug-likeness (QED) is 0.754. The highest BCUT2D eigenvalue weighted by atomic mass is 15.0. The van der Waals surface area contributed by atoms with E-state index in [2.05, 4.69) is 49.5 Å². The fourth-order valence-corrected chi connectivity index (χ4v) is 2.63. The van der Waals surface area contributed by atoms with E-state index in [1.54, 1.807) is 0 Å². The van der Waals surface area contributed by atoms with Gasteiger partial charge in [-0.1, -0.05) is 43.7 Å². The van der Waals surface area contributed by atoms with Gasteiger partial charge in [0.25, 0.3) is 0 Å². The maximum Gasteiger partial charge on any atom is 0.0111 e. The topological polar surface area (TPSA) is 12.0 Å². The SMILES string of the molecule is CC[C@H]1CN[C@H](C)[C@H]1c1ccccc1. The summed E-state index contributed by atoms with van der Waals surface area (Å²) in [6.45, 7) is 5.77. The van der Waals surface area contributed by atoms with Gasteiger partial charge in [-0.05, 0) is 24.9 Å². The van der Waals surface area contributed by atoms with Gasteiger partial charge in [0, 0.05) is 12.0 Å². The summed E-state index contributed by atoms with van der Waals surface area (Å²) in [5, 5.41) is 3.57. The molecule has 1 N–H and O–H groups in total. The molecule has 0 spiro atoms. The van der Waals surface area contributed by atoms with Crippen molar-refractivity contribution in [2.24, 2.45) is 5.92 Å². The summed E-state index contributed by atoms with van der Waals surface area (Å²) < 4.78 is 0. The van der Waals surface area contributed by atoms with E-state index >= 15 is 0 Å². The lowest BCUT2D eigenvalue weighted by Gasteiger charge is -2.21. The third kappa shape index (κ3) is 1.69. The fourth-order valence-electron chi connectivity index (χ4n) is 2.63. The lowest BCUT2D eigenvalue weighted by Crippen LogP contribution is -2.21. The molecule has 1 nitrogen and oxygen atoms in total. The zero-order valence-electron chi connectivity index (χ0n) is 9.03. The Balaban J connectivity index is 2.23. The van der Waals surface area contributed by atoms with E-state index in [0.29, 0.717) is 12.0 Å². The number of benzene rings is 1. The molecule has 0 bridgehead atoms. The maximum absolute atomic E-state index is 3.57. The van der Waals surface area contributed by atoms with Crippen molar-refractivity contribution < 1.29 is 0 Å². The average Bonchev–Trinajstić information content (AvgIpc) is 2.61. The van der Waals surface area contributed by atoms with Crippen molar-refractivity contribution >= 4 is 0 Å². The van der Waals surface area contributed by atoms with Gasteiger partial charge in [0.1, 0.15) is 0 Å². The van der Waals surface area contributed by atoms with Gasteiger partial charge in [0.05, 0.1) is 0 Å². The van der Waals surface area contributed by atoms with E-state index in [4.69, 9.17) is 0 Å². The largest absolute Gasteiger partial charge is 0.313 e. The van der Waals surface area contributed by atoms with Crippen LogP contribution in [0.3, 0.4) is 0 Å². The van der Waals surface area contributed by atoms with Crippen LogP contribution < -0.4 is 5.32 Å². The molecule has 2 rings (SSSR count). The zero-order chi connectivity index (χ0) is 9.97. The van der Waals surface area contributed by atoms with Crippen molar-refractivity contribution in [3.05, 3.63) is 35.9 Å². The van der Waals surface area contributed by atoms with Crippen LogP contribution in [0.1, 0.15) is 31.7 Å². The molecule has 0 aliphatic carbocycles. The van der Waals surface area contributed by atoms with Gasteiger partial charge in [-0.15, -0.1) is 0 Å². The highest BCUT2D eigenvalue weighted by molar-refractivity contribution is 5.23. The summed E-state index contributed by atoms with van der Waals surface area (Å²) in [6.07, 6.45) is 1.27. The number of hydrogen-bond donors (Lipinski definition) is 1. The Hall–Kier alpha value is -0.820. The van der Waals surface area contributed by atoms with Gasteiger partial charge < -0.3 is 5.32 Å². The Morgan fingerprint density at radius 2 is 2.00 bits per heavy atom. The highest BCUT2D eigenvalue weighted by Gasteiger charge is 2.32. The Morgan fingerprint density at radius 3 is 2.64 bits per heavy atom. The van der Waals surface area contributed by atoms with Crippen LogP contribution in [-0.2, 0) is 0 Å². The Morgan fingerprint density at radius 1 is 1.29 bits per heavy atom. The molecule has 1 aromatic rings. The molecule has 1 heterocycles. The van der Waals surface area contributed by atoms with Crippen LogP contribution in [0.2, 0.25) is 0 Å². The van der Waals surface area contributed by atoms with E-state index in [9.17, 15) is 0 Å². The first-order valence-electron chi connectivity index (χ1n) is 5.61. The highest BCUT2D eigenvalue weighted by Crippen LogP contribution is 2.34. The van der Waals surface area contributed by atoms with E-state index < -0.39 is 0 Å². The lowest BCUT2D eigenvalue weighted by molar-refractivity contribution is 0.471. The van der Waals surface area contributed by atoms with Crippen LogP contribution in [0, 0.1) is 5.92 Å². The van der Waals surface area contributed by atoms with Crippen molar-refractivity contribution in [3.63, 3.8) is 0 Å². The first kappa shape index (κ1) is 9.72. The molecular weight excluding hydrogens is 170 g/mol. The van der Waals surface area contributed by atoms with Crippen LogP contribution >= 0.6 is 0 Å². The third-order valence-electron chi connectivity index (χ3n) is 3.46. The fraction of sp³-hybridized carbons (Fsp3) is 0.538. The van der Waals surface area contributed by atoms with Crippen LogP contribution in [0.4, 0.5) is 0 Å². The van der Waals surface area contributed by atoms with Crippen molar-refractivity contribution in [3.8, 4) is 0 Å². The van der Waals surface area contributed by atoms with E-state index in [0.717, 1.165) is 5.92 Å². The Bertz CT molecular complexity index is 281. The third-order valence-corrected chi connectivity index (χ3v) is 3.46. The number of nitrogens with one attached hydrogen (secondary N) is 1. The lowest BCUT2D eigenvalue weighted by atomic mass is 9.83. The molecule has 76 valence electrons. The Kier molecular flexibility index (Phi) is 2.87. The Labute approximate surface area is 86.5 Å². The van der Waals surface area contributed by atoms with Crippen molar-refractivity contribution in [2.45, 2.75) is 32.2 Å². The normalized spacial score (nSPS) is 32.0. The van der Waals surface area contributed by atoms with Gasteiger partial charge in [-0.2, -0.15) is 0 Å². The number of rotatable bonds is 2. The van der Waals surface area contributed by atoms with Crippen molar-refractivity contribution in [1.29, 1.82) is 0 Å². The second-order valence-electron chi connectivity index (χ2n) is 4.30. The predicted molar refractivity (Wildman–Crippen MR) is 60.4 cm³/mol. The molecule has 0 aromatic heterocycles. The van der Waals surface area contributed by atoms with Gasteiger partial charge >= 0.3 is 0 Å². The molecule has 0 saturated carbocycles. The van der Waals surface area contributed by atoms with Crippen LogP contribution in [-0.4, -0.2) is 12.6 Å².